The van der Waals surface area contributed by atoms with E-state index in [4.69, 9.17) is 28.2 Å². The van der Waals surface area contributed by atoms with Crippen LogP contribution in [0.4, 0.5) is 5.69 Å². The number of amides is 1. The number of benzene rings is 2. The second kappa shape index (κ2) is 10.4. The number of furan rings is 1. The number of rotatable bonds is 7. The number of carbonyl (C=O) groups is 1. The summed E-state index contributed by atoms with van der Waals surface area (Å²) in [6, 6.07) is 16.4. The van der Waals surface area contributed by atoms with Gasteiger partial charge in [-0.05, 0) is 66.3 Å². The largest absolute Gasteiger partial charge is 0.468 e. The molecule has 7 nitrogen and oxygen atoms in total. The quantitative estimate of drug-likeness (QED) is 0.353. The molecule has 0 aliphatic rings. The maximum absolute atomic E-state index is 12.3. The molecule has 1 amide bonds. The van der Waals surface area contributed by atoms with Gasteiger partial charge in [0.1, 0.15) is 5.76 Å². The van der Waals surface area contributed by atoms with Crippen molar-refractivity contribution in [2.75, 3.05) is 5.32 Å². The number of hydrogen-bond acceptors (Lipinski definition) is 5. The van der Waals surface area contributed by atoms with Crippen LogP contribution in [0.25, 0.3) is 6.08 Å². The van der Waals surface area contributed by atoms with Gasteiger partial charge in [0.25, 0.3) is 0 Å². The molecular formula is C21H18ClN3O4S2. The Balaban J connectivity index is 1.53. The highest BCUT2D eigenvalue weighted by Crippen LogP contribution is 2.16. The molecular weight excluding hydrogens is 458 g/mol. The Kier molecular flexibility index (Phi) is 7.59. The molecule has 0 aliphatic heterocycles. The lowest BCUT2D eigenvalue weighted by atomic mass is 10.2. The van der Waals surface area contributed by atoms with Gasteiger partial charge in [-0.15, -0.1) is 0 Å². The molecule has 160 valence electrons. The van der Waals surface area contributed by atoms with Gasteiger partial charge < -0.3 is 9.73 Å². The van der Waals surface area contributed by atoms with Crippen LogP contribution in [-0.4, -0.2) is 19.4 Å². The first-order valence-electron chi connectivity index (χ1n) is 9.00. The number of carbonyl (C=O) groups excluding carboxylic acids is 1. The third-order valence-corrected chi connectivity index (χ3v) is 5.96. The fourth-order valence-electron chi connectivity index (χ4n) is 2.47. The molecule has 3 aromatic rings. The minimum absolute atomic E-state index is 0.0488. The molecule has 0 bridgehead atoms. The lowest BCUT2D eigenvalue weighted by Gasteiger charge is -2.10. The maximum atomic E-state index is 12.3. The second-order valence-electron chi connectivity index (χ2n) is 6.23. The van der Waals surface area contributed by atoms with E-state index >= 15 is 0 Å². The number of halogens is 1. The van der Waals surface area contributed by atoms with Crippen LogP contribution in [0.3, 0.4) is 0 Å². The van der Waals surface area contributed by atoms with Gasteiger partial charge in [0.05, 0.1) is 17.7 Å². The van der Waals surface area contributed by atoms with Crippen molar-refractivity contribution in [3.8, 4) is 0 Å². The van der Waals surface area contributed by atoms with Crippen molar-refractivity contribution in [2.45, 2.75) is 11.4 Å². The number of nitrogens with one attached hydrogen (secondary N) is 3. The van der Waals surface area contributed by atoms with Gasteiger partial charge in [-0.3, -0.25) is 10.1 Å². The Morgan fingerprint density at radius 3 is 2.48 bits per heavy atom. The van der Waals surface area contributed by atoms with Crippen molar-refractivity contribution in [2.24, 2.45) is 0 Å². The summed E-state index contributed by atoms with van der Waals surface area (Å²) >= 11 is 11.2. The highest BCUT2D eigenvalue weighted by Gasteiger charge is 2.14. The van der Waals surface area contributed by atoms with E-state index in [2.05, 4.69) is 15.4 Å². The van der Waals surface area contributed by atoms with Crippen LogP contribution in [0.2, 0.25) is 5.02 Å². The smallest absolute Gasteiger partial charge is 0.250 e. The van der Waals surface area contributed by atoms with Crippen LogP contribution >= 0.6 is 23.8 Å². The average molecular weight is 476 g/mol. The van der Waals surface area contributed by atoms with Gasteiger partial charge in [-0.1, -0.05) is 29.8 Å². The third-order valence-electron chi connectivity index (χ3n) is 4.00. The lowest BCUT2D eigenvalue weighted by Crippen LogP contribution is -2.32. The van der Waals surface area contributed by atoms with Crippen molar-refractivity contribution < 1.29 is 17.6 Å². The normalized spacial score (nSPS) is 11.4. The van der Waals surface area contributed by atoms with E-state index in [-0.39, 0.29) is 16.6 Å². The molecule has 0 saturated carbocycles. The van der Waals surface area contributed by atoms with Gasteiger partial charge in [-0.2, -0.15) is 0 Å². The molecule has 0 spiro atoms. The van der Waals surface area contributed by atoms with E-state index in [1.54, 1.807) is 48.5 Å². The number of hydrogen-bond donors (Lipinski definition) is 3. The van der Waals surface area contributed by atoms with Crippen molar-refractivity contribution in [1.29, 1.82) is 0 Å². The van der Waals surface area contributed by atoms with Crippen LogP contribution in [0.15, 0.2) is 82.3 Å². The first-order chi connectivity index (χ1) is 14.8. The molecule has 0 unspecified atom stereocenters. The molecule has 3 rings (SSSR count). The molecule has 0 saturated heterocycles. The summed E-state index contributed by atoms with van der Waals surface area (Å²) in [5.41, 5.74) is 1.22. The van der Waals surface area contributed by atoms with E-state index in [0.717, 1.165) is 0 Å². The van der Waals surface area contributed by atoms with E-state index in [1.165, 1.54) is 24.5 Å². The Morgan fingerprint density at radius 2 is 1.81 bits per heavy atom. The SMILES string of the molecule is O=C(/C=C/c1ccccc1Cl)NC(=S)Nc1ccc(S(=O)(=O)NCc2ccco2)cc1. The van der Waals surface area contributed by atoms with Crippen LogP contribution in [0.1, 0.15) is 11.3 Å². The summed E-state index contributed by atoms with van der Waals surface area (Å²) in [7, 11) is -3.70. The monoisotopic (exact) mass is 475 g/mol. The third kappa shape index (κ3) is 6.76. The minimum atomic E-state index is -3.70. The maximum Gasteiger partial charge on any atom is 0.250 e. The first kappa shape index (κ1) is 22.7. The van der Waals surface area contributed by atoms with Crippen LogP contribution in [-0.2, 0) is 21.4 Å². The van der Waals surface area contributed by atoms with Gasteiger partial charge in [0.2, 0.25) is 15.9 Å². The Bertz CT molecular complexity index is 1190. The van der Waals surface area contributed by atoms with Crippen LogP contribution in [0.5, 0.6) is 0 Å². The van der Waals surface area contributed by atoms with E-state index < -0.39 is 15.9 Å². The van der Waals surface area contributed by atoms with Crippen LogP contribution in [0, 0.1) is 0 Å². The van der Waals surface area contributed by atoms with Crippen molar-refractivity contribution in [1.82, 2.24) is 10.0 Å². The second-order valence-corrected chi connectivity index (χ2v) is 8.81. The molecule has 2 aromatic carbocycles. The van der Waals surface area contributed by atoms with Crippen LogP contribution < -0.4 is 15.4 Å². The van der Waals surface area contributed by atoms with E-state index in [9.17, 15) is 13.2 Å². The summed E-state index contributed by atoms with van der Waals surface area (Å²) in [6.45, 7) is 0.0488. The van der Waals surface area contributed by atoms with E-state index in [0.29, 0.717) is 22.0 Å². The molecule has 1 aromatic heterocycles. The molecule has 3 N–H and O–H groups in total. The lowest BCUT2D eigenvalue weighted by molar-refractivity contribution is -0.115. The fourth-order valence-corrected chi connectivity index (χ4v) is 3.88. The zero-order chi connectivity index (χ0) is 22.3. The molecule has 0 fully saturated rings. The molecule has 0 radical (unpaired) electrons. The summed E-state index contributed by atoms with van der Waals surface area (Å²) in [6.07, 6.45) is 4.36. The van der Waals surface area contributed by atoms with Gasteiger partial charge in [0.15, 0.2) is 5.11 Å². The van der Waals surface area contributed by atoms with Crippen molar-refractivity contribution in [3.05, 3.63) is 89.3 Å². The summed E-state index contributed by atoms with van der Waals surface area (Å²) in [5.74, 6) is 0.0743. The highest BCUT2D eigenvalue weighted by molar-refractivity contribution is 7.89. The molecule has 10 heteroatoms. The number of thiocarbonyl (C=S) groups is 1. The molecule has 0 aliphatic carbocycles. The Hall–Kier alpha value is -2.98. The van der Waals surface area contributed by atoms with E-state index in [1.807, 2.05) is 6.07 Å². The zero-order valence-corrected chi connectivity index (χ0v) is 18.4. The number of anilines is 1. The minimum Gasteiger partial charge on any atom is -0.468 e. The predicted molar refractivity (Wildman–Crippen MR) is 124 cm³/mol. The van der Waals surface area contributed by atoms with Gasteiger partial charge in [-0.25, -0.2) is 13.1 Å². The zero-order valence-electron chi connectivity index (χ0n) is 16.0. The van der Waals surface area contributed by atoms with Gasteiger partial charge >= 0.3 is 0 Å². The summed E-state index contributed by atoms with van der Waals surface area (Å²) in [5, 5.41) is 5.93. The molecule has 0 atom stereocenters. The Labute approximate surface area is 190 Å². The fraction of sp³-hybridized carbons (Fsp3) is 0.0476. The van der Waals surface area contributed by atoms with Gasteiger partial charge in [0, 0.05) is 16.8 Å². The summed E-state index contributed by atoms with van der Waals surface area (Å²) in [4.78, 5) is 12.1. The highest BCUT2D eigenvalue weighted by atomic mass is 35.5. The molecule has 1 heterocycles. The molecule has 31 heavy (non-hydrogen) atoms. The average Bonchev–Trinajstić information content (AvgIpc) is 3.26. The predicted octanol–water partition coefficient (Wildman–Crippen LogP) is 3.94. The van der Waals surface area contributed by atoms with Crippen molar-refractivity contribution >= 4 is 56.6 Å². The number of sulfonamides is 1. The topological polar surface area (TPSA) is 100 Å². The Morgan fingerprint density at radius 1 is 1.06 bits per heavy atom. The summed E-state index contributed by atoms with van der Waals surface area (Å²) < 4.78 is 32.3. The first-order valence-corrected chi connectivity index (χ1v) is 11.3. The standard InChI is InChI=1S/C21H18ClN3O4S2/c22-19-6-2-1-4-15(19)7-12-20(26)25-21(30)24-16-8-10-18(11-9-16)31(27,28)23-14-17-5-3-13-29-17/h1-13,23H,14H2,(H2,24,25,26,30)/b12-7+. The van der Waals surface area contributed by atoms with Crippen molar-refractivity contribution in [3.63, 3.8) is 0 Å².